The first-order valence-electron chi connectivity index (χ1n) is 8.38. The normalized spacial score (nSPS) is 10.6. The van der Waals surface area contributed by atoms with Gasteiger partial charge in [0.2, 0.25) is 5.91 Å². The summed E-state index contributed by atoms with van der Waals surface area (Å²) in [6.07, 6.45) is 0. The van der Waals surface area contributed by atoms with Gasteiger partial charge in [0.25, 0.3) is 0 Å². The van der Waals surface area contributed by atoms with Crippen molar-refractivity contribution in [3.05, 3.63) is 53.6 Å². The SMILES string of the molecule is CCNC(=O)CSc1nnc(-c2ccccc2OC)n1-c1ccc(Cl)cc1. The van der Waals surface area contributed by atoms with E-state index in [-0.39, 0.29) is 11.7 Å². The third kappa shape index (κ3) is 4.43. The minimum atomic E-state index is -0.0491. The highest BCUT2D eigenvalue weighted by Crippen LogP contribution is 2.33. The van der Waals surface area contributed by atoms with E-state index in [4.69, 9.17) is 16.3 Å². The molecular formula is C19H19ClN4O2S. The fourth-order valence-electron chi connectivity index (χ4n) is 2.57. The average molecular weight is 403 g/mol. The molecule has 1 heterocycles. The standard InChI is InChI=1S/C19H19ClN4O2S/c1-3-21-17(25)12-27-19-23-22-18(15-6-4-5-7-16(15)26-2)24(19)14-10-8-13(20)9-11-14/h4-11H,3,12H2,1-2H3,(H,21,25). The summed E-state index contributed by atoms with van der Waals surface area (Å²) in [5, 5.41) is 12.7. The molecule has 1 aromatic heterocycles. The molecule has 8 heteroatoms. The number of carbonyl (C=O) groups excluding carboxylic acids is 1. The topological polar surface area (TPSA) is 69.0 Å². The van der Waals surface area contributed by atoms with Gasteiger partial charge in [0, 0.05) is 17.3 Å². The molecule has 0 aliphatic rings. The summed E-state index contributed by atoms with van der Waals surface area (Å²) < 4.78 is 7.38. The Hall–Kier alpha value is -2.51. The zero-order valence-electron chi connectivity index (χ0n) is 15.0. The number of carbonyl (C=O) groups is 1. The lowest BCUT2D eigenvalue weighted by Gasteiger charge is -2.12. The summed E-state index contributed by atoms with van der Waals surface area (Å²) in [7, 11) is 1.62. The van der Waals surface area contributed by atoms with Gasteiger partial charge in [0.05, 0.1) is 18.4 Å². The van der Waals surface area contributed by atoms with Crippen LogP contribution >= 0.6 is 23.4 Å². The van der Waals surface area contributed by atoms with Gasteiger partial charge in [0.15, 0.2) is 11.0 Å². The molecule has 0 unspecified atom stereocenters. The Morgan fingerprint density at radius 2 is 1.93 bits per heavy atom. The Morgan fingerprint density at radius 1 is 1.19 bits per heavy atom. The molecule has 27 heavy (non-hydrogen) atoms. The van der Waals surface area contributed by atoms with Gasteiger partial charge in [-0.3, -0.25) is 9.36 Å². The van der Waals surface area contributed by atoms with E-state index in [1.165, 1.54) is 11.8 Å². The van der Waals surface area contributed by atoms with E-state index in [9.17, 15) is 4.79 Å². The number of nitrogens with one attached hydrogen (secondary N) is 1. The highest BCUT2D eigenvalue weighted by molar-refractivity contribution is 7.99. The third-order valence-corrected chi connectivity index (χ3v) is 4.95. The van der Waals surface area contributed by atoms with Gasteiger partial charge in [-0.25, -0.2) is 0 Å². The van der Waals surface area contributed by atoms with Crippen LogP contribution in [0.25, 0.3) is 17.1 Å². The van der Waals surface area contributed by atoms with Crippen molar-refractivity contribution in [2.24, 2.45) is 0 Å². The van der Waals surface area contributed by atoms with Gasteiger partial charge in [0.1, 0.15) is 5.75 Å². The highest BCUT2D eigenvalue weighted by Gasteiger charge is 2.19. The van der Waals surface area contributed by atoms with E-state index < -0.39 is 0 Å². The first kappa shape index (κ1) is 19.3. The van der Waals surface area contributed by atoms with Crippen LogP contribution in [0.15, 0.2) is 53.7 Å². The van der Waals surface area contributed by atoms with Gasteiger partial charge in [-0.2, -0.15) is 0 Å². The second-order valence-electron chi connectivity index (χ2n) is 5.56. The zero-order chi connectivity index (χ0) is 19.2. The molecule has 0 fully saturated rings. The van der Waals surface area contributed by atoms with Gasteiger partial charge < -0.3 is 10.1 Å². The monoisotopic (exact) mass is 402 g/mol. The first-order chi connectivity index (χ1) is 13.1. The molecule has 0 aliphatic heterocycles. The summed E-state index contributed by atoms with van der Waals surface area (Å²) in [4.78, 5) is 11.9. The Bertz CT molecular complexity index is 928. The molecule has 6 nitrogen and oxygen atoms in total. The van der Waals surface area contributed by atoms with Crippen molar-refractivity contribution in [2.45, 2.75) is 12.1 Å². The molecule has 3 aromatic rings. The van der Waals surface area contributed by atoms with E-state index in [2.05, 4.69) is 15.5 Å². The number of hydrogen-bond donors (Lipinski definition) is 1. The number of aromatic nitrogens is 3. The Balaban J connectivity index is 2.06. The van der Waals surface area contributed by atoms with E-state index in [0.29, 0.717) is 28.3 Å². The number of para-hydroxylation sites is 1. The van der Waals surface area contributed by atoms with Gasteiger partial charge >= 0.3 is 0 Å². The van der Waals surface area contributed by atoms with Crippen molar-refractivity contribution in [1.82, 2.24) is 20.1 Å². The van der Waals surface area contributed by atoms with Crippen LogP contribution < -0.4 is 10.1 Å². The number of thioether (sulfide) groups is 1. The Morgan fingerprint density at radius 3 is 2.63 bits per heavy atom. The van der Waals surface area contributed by atoms with E-state index in [1.807, 2.05) is 47.9 Å². The molecule has 0 radical (unpaired) electrons. The van der Waals surface area contributed by atoms with E-state index in [1.54, 1.807) is 19.2 Å². The zero-order valence-corrected chi connectivity index (χ0v) is 16.5. The molecule has 0 saturated carbocycles. The molecule has 1 N–H and O–H groups in total. The predicted octanol–water partition coefficient (Wildman–Crippen LogP) is 3.82. The first-order valence-corrected chi connectivity index (χ1v) is 9.74. The summed E-state index contributed by atoms with van der Waals surface area (Å²) in [6.45, 7) is 2.48. The van der Waals surface area contributed by atoms with Gasteiger partial charge in [-0.1, -0.05) is 35.5 Å². The van der Waals surface area contributed by atoms with Crippen LogP contribution in [0.3, 0.4) is 0 Å². The molecular weight excluding hydrogens is 384 g/mol. The number of methoxy groups -OCH3 is 1. The summed E-state index contributed by atoms with van der Waals surface area (Å²) in [5.41, 5.74) is 1.66. The van der Waals surface area contributed by atoms with Crippen molar-refractivity contribution in [2.75, 3.05) is 19.4 Å². The second kappa shape index (κ2) is 8.92. The molecule has 3 rings (SSSR count). The maximum absolute atomic E-state index is 11.9. The van der Waals surface area contributed by atoms with Crippen molar-refractivity contribution in [3.8, 4) is 22.8 Å². The van der Waals surface area contributed by atoms with Crippen LogP contribution in [-0.4, -0.2) is 40.1 Å². The maximum atomic E-state index is 11.9. The van der Waals surface area contributed by atoms with E-state index >= 15 is 0 Å². The maximum Gasteiger partial charge on any atom is 0.230 e. The number of nitrogens with zero attached hydrogens (tertiary/aromatic N) is 3. The number of ether oxygens (including phenoxy) is 1. The van der Waals surface area contributed by atoms with Crippen LogP contribution in [0.1, 0.15) is 6.92 Å². The molecule has 1 amide bonds. The minimum Gasteiger partial charge on any atom is -0.496 e. The van der Waals surface area contributed by atoms with Gasteiger partial charge in [-0.05, 0) is 43.3 Å². The largest absolute Gasteiger partial charge is 0.496 e. The molecule has 140 valence electrons. The summed E-state index contributed by atoms with van der Waals surface area (Å²) in [5.74, 6) is 1.53. The average Bonchev–Trinajstić information content (AvgIpc) is 3.11. The molecule has 2 aromatic carbocycles. The van der Waals surface area contributed by atoms with Crippen molar-refractivity contribution < 1.29 is 9.53 Å². The van der Waals surface area contributed by atoms with E-state index in [0.717, 1.165) is 11.3 Å². The fraction of sp³-hybridized carbons (Fsp3) is 0.211. The molecule has 0 spiro atoms. The van der Waals surface area contributed by atoms with Crippen LogP contribution in [0.2, 0.25) is 5.02 Å². The van der Waals surface area contributed by atoms with Crippen molar-refractivity contribution in [3.63, 3.8) is 0 Å². The lowest BCUT2D eigenvalue weighted by Crippen LogP contribution is -2.24. The summed E-state index contributed by atoms with van der Waals surface area (Å²) >= 11 is 7.36. The van der Waals surface area contributed by atoms with Crippen LogP contribution in [-0.2, 0) is 4.79 Å². The molecule has 0 bridgehead atoms. The van der Waals surface area contributed by atoms with Crippen molar-refractivity contribution >= 4 is 29.3 Å². The lowest BCUT2D eigenvalue weighted by atomic mass is 10.2. The molecule has 0 atom stereocenters. The minimum absolute atomic E-state index is 0.0491. The number of amides is 1. The van der Waals surface area contributed by atoms with Gasteiger partial charge in [-0.15, -0.1) is 10.2 Å². The van der Waals surface area contributed by atoms with Crippen LogP contribution in [0.5, 0.6) is 5.75 Å². The lowest BCUT2D eigenvalue weighted by molar-refractivity contribution is -0.118. The van der Waals surface area contributed by atoms with Crippen molar-refractivity contribution in [1.29, 1.82) is 0 Å². The van der Waals surface area contributed by atoms with Crippen LogP contribution in [0.4, 0.5) is 0 Å². The number of hydrogen-bond acceptors (Lipinski definition) is 5. The fourth-order valence-corrected chi connectivity index (χ4v) is 3.48. The highest BCUT2D eigenvalue weighted by atomic mass is 35.5. The smallest absolute Gasteiger partial charge is 0.230 e. The number of benzene rings is 2. The number of rotatable bonds is 7. The predicted molar refractivity (Wildman–Crippen MR) is 108 cm³/mol. The quantitative estimate of drug-likeness (QED) is 0.608. The molecule has 0 saturated heterocycles. The second-order valence-corrected chi connectivity index (χ2v) is 6.94. The number of halogens is 1. The third-order valence-electron chi connectivity index (χ3n) is 3.77. The Labute approximate surface area is 166 Å². The van der Waals surface area contributed by atoms with Crippen LogP contribution in [0, 0.1) is 0 Å². The Kier molecular flexibility index (Phi) is 6.36. The molecule has 0 aliphatic carbocycles. The summed E-state index contributed by atoms with van der Waals surface area (Å²) in [6, 6.07) is 15.0.